The molecule has 0 fully saturated rings. The Balaban J connectivity index is 1.86. The molecule has 0 amide bonds. The fourth-order valence-corrected chi connectivity index (χ4v) is 4.73. The maximum absolute atomic E-state index is 6.15. The van der Waals surface area contributed by atoms with Gasteiger partial charge in [0.05, 0.1) is 17.3 Å². The first-order chi connectivity index (χ1) is 12.2. The minimum atomic E-state index is 0.241. The molecule has 2 aromatic carbocycles. The molecule has 3 nitrogen and oxygen atoms in total. The zero-order valence-electron chi connectivity index (χ0n) is 14.0. The Morgan fingerprint density at radius 2 is 2.00 bits per heavy atom. The summed E-state index contributed by atoms with van der Waals surface area (Å²) in [6.07, 6.45) is 3.88. The van der Waals surface area contributed by atoms with E-state index in [0.29, 0.717) is 0 Å². The van der Waals surface area contributed by atoms with Crippen molar-refractivity contribution in [1.29, 1.82) is 0 Å². The highest BCUT2D eigenvalue weighted by atomic mass is 32.1. The fraction of sp³-hybridized carbons (Fsp3) is 0.190. The van der Waals surface area contributed by atoms with Crippen molar-refractivity contribution in [2.45, 2.75) is 18.9 Å². The molecular weight excluding hydrogens is 328 g/mol. The molecule has 124 valence electrons. The fourth-order valence-electron chi connectivity index (χ4n) is 3.97. The van der Waals surface area contributed by atoms with Crippen LogP contribution < -0.4 is 10.5 Å². The smallest absolute Gasteiger partial charge is 0.127 e. The molecule has 2 N–H and O–H groups in total. The van der Waals surface area contributed by atoms with Crippen LogP contribution in [0.2, 0.25) is 0 Å². The normalized spacial score (nSPS) is 16.5. The van der Waals surface area contributed by atoms with Crippen LogP contribution in [-0.4, -0.2) is 18.1 Å². The van der Waals surface area contributed by atoms with E-state index in [1.807, 2.05) is 18.3 Å². The molecule has 4 heteroatoms. The van der Waals surface area contributed by atoms with E-state index < -0.39 is 0 Å². The van der Waals surface area contributed by atoms with E-state index in [9.17, 15) is 0 Å². The number of nitrogens with two attached hydrogens (primary N) is 1. The summed E-state index contributed by atoms with van der Waals surface area (Å²) in [5, 5.41) is 4.53. The molecule has 1 atom stereocenters. The van der Waals surface area contributed by atoms with Crippen molar-refractivity contribution < 1.29 is 4.74 Å². The molecule has 1 aliphatic rings. The largest absolute Gasteiger partial charge is 0.496 e. The van der Waals surface area contributed by atoms with Gasteiger partial charge in [0.2, 0.25) is 0 Å². The molecule has 25 heavy (non-hydrogen) atoms. The molecule has 0 radical (unpaired) electrons. The molecule has 0 aliphatic heterocycles. The summed E-state index contributed by atoms with van der Waals surface area (Å²) < 4.78 is 6.92. The van der Waals surface area contributed by atoms with Gasteiger partial charge in [0.1, 0.15) is 5.75 Å². The van der Waals surface area contributed by atoms with Gasteiger partial charge in [0.25, 0.3) is 0 Å². The number of nitrogens with zero attached hydrogens (tertiary/aromatic N) is 1. The SMILES string of the molecule is COc1ccc2ncc3sccc3c2c1-c1ccc2c(c1)CC(N)C2. The molecule has 5 rings (SSSR count). The molecule has 2 aromatic heterocycles. The van der Waals surface area contributed by atoms with E-state index in [2.05, 4.69) is 34.6 Å². The number of pyridine rings is 1. The number of hydrogen-bond acceptors (Lipinski definition) is 4. The lowest BCUT2D eigenvalue weighted by Gasteiger charge is -2.14. The molecular formula is C21H18N2OS. The summed E-state index contributed by atoms with van der Waals surface area (Å²) >= 11 is 1.72. The first kappa shape index (κ1) is 14.9. The van der Waals surface area contributed by atoms with Crippen LogP contribution in [0.4, 0.5) is 0 Å². The quantitative estimate of drug-likeness (QED) is 0.579. The zero-order valence-corrected chi connectivity index (χ0v) is 14.8. The van der Waals surface area contributed by atoms with E-state index in [1.54, 1.807) is 18.4 Å². The Morgan fingerprint density at radius 1 is 1.12 bits per heavy atom. The van der Waals surface area contributed by atoms with Gasteiger partial charge in [0, 0.05) is 28.6 Å². The van der Waals surface area contributed by atoms with Crippen molar-refractivity contribution in [2.24, 2.45) is 5.73 Å². The van der Waals surface area contributed by atoms with Gasteiger partial charge in [-0.3, -0.25) is 4.98 Å². The van der Waals surface area contributed by atoms with Gasteiger partial charge in [-0.15, -0.1) is 11.3 Å². The van der Waals surface area contributed by atoms with Crippen LogP contribution in [0.1, 0.15) is 11.1 Å². The average molecular weight is 346 g/mol. The number of thiophene rings is 1. The van der Waals surface area contributed by atoms with Crippen molar-refractivity contribution in [3.05, 3.63) is 59.1 Å². The van der Waals surface area contributed by atoms with Crippen LogP contribution >= 0.6 is 11.3 Å². The highest BCUT2D eigenvalue weighted by Gasteiger charge is 2.21. The monoisotopic (exact) mass is 346 g/mol. The summed E-state index contributed by atoms with van der Waals surface area (Å²) in [5.74, 6) is 0.884. The van der Waals surface area contributed by atoms with Crippen LogP contribution in [0.5, 0.6) is 5.75 Å². The number of fused-ring (bicyclic) bond motifs is 4. The van der Waals surface area contributed by atoms with Crippen molar-refractivity contribution >= 4 is 32.3 Å². The van der Waals surface area contributed by atoms with Crippen LogP contribution in [0.3, 0.4) is 0 Å². The molecule has 1 aliphatic carbocycles. The Kier molecular flexibility index (Phi) is 3.30. The second-order valence-electron chi connectivity index (χ2n) is 6.65. The Bertz CT molecular complexity index is 1120. The Labute approximate surface area is 150 Å². The summed E-state index contributed by atoms with van der Waals surface area (Å²) in [5.41, 5.74) is 12.2. The highest BCUT2D eigenvalue weighted by Crippen LogP contribution is 2.42. The van der Waals surface area contributed by atoms with E-state index in [4.69, 9.17) is 10.5 Å². The molecule has 1 unspecified atom stereocenters. The van der Waals surface area contributed by atoms with Gasteiger partial charge in [-0.1, -0.05) is 18.2 Å². The predicted octanol–water partition coefficient (Wildman–Crippen LogP) is 4.55. The topological polar surface area (TPSA) is 48.1 Å². The number of aromatic nitrogens is 1. The minimum Gasteiger partial charge on any atom is -0.496 e. The molecule has 0 bridgehead atoms. The van der Waals surface area contributed by atoms with E-state index in [1.165, 1.54) is 32.2 Å². The van der Waals surface area contributed by atoms with Crippen LogP contribution in [0, 0.1) is 0 Å². The van der Waals surface area contributed by atoms with Gasteiger partial charge in [0.15, 0.2) is 0 Å². The van der Waals surface area contributed by atoms with Crippen molar-refractivity contribution in [2.75, 3.05) is 7.11 Å². The van der Waals surface area contributed by atoms with Gasteiger partial charge in [-0.2, -0.15) is 0 Å². The van der Waals surface area contributed by atoms with Crippen molar-refractivity contribution in [3.8, 4) is 16.9 Å². The molecule has 0 saturated carbocycles. The third kappa shape index (κ3) is 2.25. The number of hydrogen-bond donors (Lipinski definition) is 1. The molecule has 2 heterocycles. The average Bonchev–Trinajstić information content (AvgIpc) is 3.24. The van der Waals surface area contributed by atoms with Crippen LogP contribution in [-0.2, 0) is 12.8 Å². The molecule has 0 spiro atoms. The third-order valence-electron chi connectivity index (χ3n) is 5.11. The third-order valence-corrected chi connectivity index (χ3v) is 5.96. The summed E-state index contributed by atoms with van der Waals surface area (Å²) in [7, 11) is 1.73. The number of methoxy groups -OCH3 is 1. The van der Waals surface area contributed by atoms with Gasteiger partial charge < -0.3 is 10.5 Å². The maximum Gasteiger partial charge on any atom is 0.127 e. The Hall–Kier alpha value is -2.43. The van der Waals surface area contributed by atoms with Gasteiger partial charge in [-0.05, 0) is 53.1 Å². The first-order valence-electron chi connectivity index (χ1n) is 8.45. The molecule has 4 aromatic rings. The van der Waals surface area contributed by atoms with Gasteiger partial charge >= 0.3 is 0 Å². The first-order valence-corrected chi connectivity index (χ1v) is 9.33. The van der Waals surface area contributed by atoms with E-state index in [-0.39, 0.29) is 6.04 Å². The zero-order chi connectivity index (χ0) is 17.0. The molecule has 0 saturated heterocycles. The van der Waals surface area contributed by atoms with Crippen LogP contribution in [0.15, 0.2) is 48.0 Å². The number of rotatable bonds is 2. The number of benzene rings is 2. The number of ether oxygens (including phenoxy) is 1. The summed E-state index contributed by atoms with van der Waals surface area (Å²) in [6.45, 7) is 0. The summed E-state index contributed by atoms with van der Waals surface area (Å²) in [4.78, 5) is 4.66. The highest BCUT2D eigenvalue weighted by molar-refractivity contribution is 7.17. The Morgan fingerprint density at radius 3 is 2.88 bits per heavy atom. The van der Waals surface area contributed by atoms with Crippen molar-refractivity contribution in [3.63, 3.8) is 0 Å². The van der Waals surface area contributed by atoms with Crippen molar-refractivity contribution in [1.82, 2.24) is 4.98 Å². The lowest BCUT2D eigenvalue weighted by atomic mass is 9.95. The van der Waals surface area contributed by atoms with E-state index in [0.717, 1.165) is 29.7 Å². The van der Waals surface area contributed by atoms with E-state index >= 15 is 0 Å². The lowest BCUT2D eigenvalue weighted by molar-refractivity contribution is 0.417. The van der Waals surface area contributed by atoms with Crippen LogP contribution in [0.25, 0.3) is 32.1 Å². The lowest BCUT2D eigenvalue weighted by Crippen LogP contribution is -2.18. The second-order valence-corrected chi connectivity index (χ2v) is 7.59. The maximum atomic E-state index is 6.15. The second kappa shape index (κ2) is 5.55. The standard InChI is InChI=1S/C21H18N2OS/c1-24-18-5-4-17-21(16-6-7-25-19(16)11-23-17)20(18)13-3-2-12-9-15(22)10-14(12)8-13/h2-8,11,15H,9-10,22H2,1H3. The van der Waals surface area contributed by atoms with Gasteiger partial charge in [-0.25, -0.2) is 0 Å². The minimum absolute atomic E-state index is 0.241. The summed E-state index contributed by atoms with van der Waals surface area (Å²) in [6, 6.07) is 13.2. The predicted molar refractivity (Wildman–Crippen MR) is 104 cm³/mol.